The van der Waals surface area contributed by atoms with Crippen molar-refractivity contribution < 1.29 is 41.7 Å². The normalized spacial score (nSPS) is 14.6. The highest BCUT2D eigenvalue weighted by atomic mass is 19.4. The molecule has 0 saturated carbocycles. The molecule has 0 spiro atoms. The summed E-state index contributed by atoms with van der Waals surface area (Å²) in [4.78, 5) is 33.3. The van der Waals surface area contributed by atoms with Gasteiger partial charge in [-0.2, -0.15) is 13.2 Å². The maximum absolute atomic E-state index is 14.5. The van der Waals surface area contributed by atoms with Gasteiger partial charge in [-0.25, -0.2) is 9.78 Å². The number of anilines is 3. The Morgan fingerprint density at radius 1 is 1.02 bits per heavy atom. The average Bonchev–Trinajstić information content (AvgIpc) is 3.07. The first-order valence-corrected chi connectivity index (χ1v) is 15.8. The number of nitrogens with zero attached hydrogens (tertiary/aromatic N) is 2. The number of carbonyl (C=O) groups excluding carboxylic acids is 2. The molecule has 1 aliphatic rings. The second-order valence-electron chi connectivity index (χ2n) is 11.5. The minimum Gasteiger partial charge on any atom is -0.490 e. The van der Waals surface area contributed by atoms with Crippen molar-refractivity contribution in [2.45, 2.75) is 45.3 Å². The number of pyridine rings is 1. The van der Waals surface area contributed by atoms with Crippen molar-refractivity contribution >= 4 is 39.8 Å². The first kappa shape index (κ1) is 35.1. The molecule has 1 saturated heterocycles. The molecule has 0 bridgehead atoms. The number of benzene rings is 3. The topological polar surface area (TPSA) is 137 Å². The Morgan fingerprint density at radius 3 is 2.49 bits per heavy atom. The molecular formula is C35H38F3N5O6. The molecule has 1 fully saturated rings. The molecule has 2 heterocycles. The van der Waals surface area contributed by atoms with Crippen molar-refractivity contribution in [3.8, 4) is 11.5 Å². The smallest absolute Gasteiger partial charge is 0.490 e. The summed E-state index contributed by atoms with van der Waals surface area (Å²) in [7, 11) is 0. The van der Waals surface area contributed by atoms with E-state index in [1.807, 2.05) is 12.1 Å². The van der Waals surface area contributed by atoms with Crippen LogP contribution in [0.4, 0.5) is 30.4 Å². The second kappa shape index (κ2) is 14.9. The van der Waals surface area contributed by atoms with Gasteiger partial charge in [0, 0.05) is 48.2 Å². The molecule has 5 rings (SSSR count). The van der Waals surface area contributed by atoms with Crippen LogP contribution in [0, 0.1) is 0 Å². The second-order valence-corrected chi connectivity index (χ2v) is 11.5. The third-order valence-corrected chi connectivity index (χ3v) is 7.71. The molecule has 4 N–H and O–H groups in total. The predicted octanol–water partition coefficient (Wildman–Crippen LogP) is 5.53. The third kappa shape index (κ3) is 8.08. The molecule has 1 atom stereocenters. The van der Waals surface area contributed by atoms with Crippen LogP contribution >= 0.6 is 0 Å². The Labute approximate surface area is 281 Å². The maximum atomic E-state index is 14.5. The van der Waals surface area contributed by atoms with E-state index in [-0.39, 0.29) is 47.8 Å². The Hall–Kier alpha value is -5.24. The van der Waals surface area contributed by atoms with Gasteiger partial charge in [0.25, 0.3) is 11.6 Å². The number of halogens is 3. The zero-order chi connectivity index (χ0) is 35.2. The van der Waals surface area contributed by atoms with Gasteiger partial charge in [0.1, 0.15) is 5.82 Å². The van der Waals surface area contributed by atoms with E-state index < -0.39 is 23.8 Å². The Morgan fingerprint density at radius 2 is 1.78 bits per heavy atom. The summed E-state index contributed by atoms with van der Waals surface area (Å²) in [5.74, 6) is -3.01. The molecule has 1 amide bonds. The average molecular weight is 682 g/mol. The first-order chi connectivity index (χ1) is 23.4. The molecule has 0 aliphatic carbocycles. The number of morpholine rings is 1. The summed E-state index contributed by atoms with van der Waals surface area (Å²) in [6.45, 7) is 7.65. The van der Waals surface area contributed by atoms with Crippen molar-refractivity contribution in [3.63, 3.8) is 0 Å². The van der Waals surface area contributed by atoms with Crippen LogP contribution < -0.4 is 30.7 Å². The predicted molar refractivity (Wildman–Crippen MR) is 178 cm³/mol. The fraction of sp³-hybridized carbons (Fsp3) is 0.343. The minimum atomic E-state index is -5.44. The summed E-state index contributed by atoms with van der Waals surface area (Å²) in [5.41, 5.74) is 4.77. The van der Waals surface area contributed by atoms with Crippen LogP contribution in [0.2, 0.25) is 0 Å². The number of ether oxygens (including phenoxy) is 4. The Bertz CT molecular complexity index is 1800. The van der Waals surface area contributed by atoms with Crippen LogP contribution in [0.25, 0.3) is 10.8 Å². The number of esters is 1. The lowest BCUT2D eigenvalue weighted by atomic mass is 9.98. The van der Waals surface area contributed by atoms with Gasteiger partial charge in [-0.05, 0) is 80.3 Å². The fourth-order valence-electron chi connectivity index (χ4n) is 5.49. The van der Waals surface area contributed by atoms with Crippen molar-refractivity contribution in [3.05, 3.63) is 84.1 Å². The number of aromatic nitrogens is 1. The molecule has 11 nitrogen and oxygen atoms in total. The molecule has 1 unspecified atom stereocenters. The monoisotopic (exact) mass is 681 g/mol. The zero-order valence-electron chi connectivity index (χ0n) is 27.3. The quantitative estimate of drug-likeness (QED) is 0.129. The largest absolute Gasteiger partial charge is 0.491 e. The Balaban J connectivity index is 1.63. The number of rotatable bonds is 12. The van der Waals surface area contributed by atoms with E-state index >= 15 is 0 Å². The van der Waals surface area contributed by atoms with Crippen molar-refractivity contribution in [2.24, 2.45) is 0 Å². The van der Waals surface area contributed by atoms with Gasteiger partial charge in [0.2, 0.25) is 0 Å². The number of amides is 1. The summed E-state index contributed by atoms with van der Waals surface area (Å²) in [5, 5.41) is 6.71. The van der Waals surface area contributed by atoms with Crippen molar-refractivity contribution in [2.75, 3.05) is 48.9 Å². The highest BCUT2D eigenvalue weighted by Gasteiger charge is 2.52. The maximum Gasteiger partial charge on any atom is 0.491 e. The number of carbonyl (C=O) groups is 2. The highest BCUT2D eigenvalue weighted by Crippen LogP contribution is 2.38. The number of hydrogen-bond acceptors (Lipinski definition) is 10. The van der Waals surface area contributed by atoms with E-state index in [4.69, 9.17) is 24.7 Å². The number of nitrogens with one attached hydrogen (secondary N) is 2. The van der Waals surface area contributed by atoms with Gasteiger partial charge in [-0.1, -0.05) is 18.2 Å². The first-order valence-electron chi connectivity index (χ1n) is 15.8. The van der Waals surface area contributed by atoms with E-state index in [0.29, 0.717) is 42.6 Å². The van der Waals surface area contributed by atoms with Gasteiger partial charge in [0.05, 0.1) is 25.9 Å². The molecule has 1 aliphatic heterocycles. The van der Waals surface area contributed by atoms with Crippen LogP contribution in [-0.4, -0.2) is 62.1 Å². The molecular weight excluding hydrogens is 643 g/mol. The SMILES string of the molecule is CCOc1cc(C(Nc2ccc3c(N)nccc3c2)(OC(=O)C(F)(F)F)C(=O)NCc2ccccc2N2CCOCC2)ccc1OC(C)C. The van der Waals surface area contributed by atoms with Crippen molar-refractivity contribution in [1.29, 1.82) is 0 Å². The summed E-state index contributed by atoms with van der Waals surface area (Å²) in [6, 6.07) is 17.8. The molecule has 4 aromatic rings. The van der Waals surface area contributed by atoms with Crippen LogP contribution in [0.1, 0.15) is 31.9 Å². The van der Waals surface area contributed by atoms with Gasteiger partial charge < -0.3 is 40.2 Å². The zero-order valence-corrected chi connectivity index (χ0v) is 27.3. The molecule has 0 radical (unpaired) electrons. The van der Waals surface area contributed by atoms with E-state index in [0.717, 1.165) is 5.69 Å². The van der Waals surface area contributed by atoms with Gasteiger partial charge in [-0.15, -0.1) is 0 Å². The number of para-hydroxylation sites is 1. The number of nitrogen functional groups attached to an aromatic ring is 1. The van der Waals surface area contributed by atoms with E-state index in [9.17, 15) is 22.8 Å². The minimum absolute atomic E-state index is 0.105. The fourth-order valence-corrected chi connectivity index (χ4v) is 5.49. The summed E-state index contributed by atoms with van der Waals surface area (Å²) >= 11 is 0. The van der Waals surface area contributed by atoms with Crippen LogP contribution in [0.5, 0.6) is 11.5 Å². The van der Waals surface area contributed by atoms with Crippen LogP contribution in [-0.2, 0) is 31.3 Å². The highest BCUT2D eigenvalue weighted by molar-refractivity contribution is 5.96. The number of fused-ring (bicyclic) bond motifs is 1. The number of hydrogen-bond donors (Lipinski definition) is 3. The van der Waals surface area contributed by atoms with Crippen molar-refractivity contribution in [1.82, 2.24) is 10.3 Å². The third-order valence-electron chi connectivity index (χ3n) is 7.71. The lowest BCUT2D eigenvalue weighted by Crippen LogP contribution is -2.54. The van der Waals surface area contributed by atoms with E-state index in [1.165, 1.54) is 30.5 Å². The number of alkyl halides is 3. The van der Waals surface area contributed by atoms with Gasteiger partial charge >= 0.3 is 12.1 Å². The molecule has 3 aromatic carbocycles. The molecule has 14 heteroatoms. The van der Waals surface area contributed by atoms with Gasteiger partial charge in [-0.3, -0.25) is 4.79 Å². The lowest BCUT2D eigenvalue weighted by Gasteiger charge is -2.35. The number of nitrogens with two attached hydrogens (primary N) is 1. The molecule has 1 aromatic heterocycles. The van der Waals surface area contributed by atoms with E-state index in [1.54, 1.807) is 51.1 Å². The van der Waals surface area contributed by atoms with Gasteiger partial charge in [0.15, 0.2) is 11.5 Å². The standard InChI is InChI=1S/C35H38F3N5O6/c1-4-47-30-20-25(9-12-29(30)48-22(2)3)34(49-33(45)35(36,37)38,42-26-10-11-27-23(19-26)13-14-40-31(27)39)32(44)41-21-24-7-5-6-8-28(24)43-15-17-46-18-16-43/h5-14,19-20,22,42H,4,15-18,21H2,1-3H3,(H2,39,40)(H,41,44). The molecule has 260 valence electrons. The summed E-state index contributed by atoms with van der Waals surface area (Å²) in [6.07, 6.45) is -4.24. The Kier molecular flexibility index (Phi) is 10.7. The van der Waals surface area contributed by atoms with Crippen LogP contribution in [0.3, 0.4) is 0 Å². The van der Waals surface area contributed by atoms with Crippen LogP contribution in [0.15, 0.2) is 72.9 Å². The lowest BCUT2D eigenvalue weighted by molar-refractivity contribution is -0.213. The summed E-state index contributed by atoms with van der Waals surface area (Å²) < 4.78 is 64.2. The molecule has 49 heavy (non-hydrogen) atoms. The van der Waals surface area contributed by atoms with E-state index in [2.05, 4.69) is 20.5 Å².